The van der Waals surface area contributed by atoms with Crippen LogP contribution < -0.4 is 11.3 Å². The summed E-state index contributed by atoms with van der Waals surface area (Å²) in [5.74, 6) is -0.642. The van der Waals surface area contributed by atoms with Crippen LogP contribution in [0.1, 0.15) is 42.9 Å². The first-order valence-electron chi connectivity index (χ1n) is 11.3. The van der Waals surface area contributed by atoms with E-state index in [4.69, 9.17) is 10.7 Å². The van der Waals surface area contributed by atoms with Gasteiger partial charge in [-0.25, -0.2) is 13.8 Å². The summed E-state index contributed by atoms with van der Waals surface area (Å²) in [7, 11) is 0. The van der Waals surface area contributed by atoms with Gasteiger partial charge >= 0.3 is 0 Å². The van der Waals surface area contributed by atoms with Gasteiger partial charge in [-0.3, -0.25) is 14.3 Å². The fraction of sp³-hybridized carbons (Fsp3) is 0.200. The second-order valence-electron chi connectivity index (χ2n) is 8.76. The quantitative estimate of drug-likeness (QED) is 0.374. The smallest absolute Gasteiger partial charge is 0.266 e. The van der Waals surface area contributed by atoms with Crippen LogP contribution in [0.3, 0.4) is 0 Å². The Labute approximate surface area is 204 Å². The normalized spacial score (nSPS) is 12.4. The van der Waals surface area contributed by atoms with Gasteiger partial charge in [-0.2, -0.15) is 5.21 Å². The molecule has 0 aliphatic carbocycles. The molecule has 11 heteroatoms. The lowest BCUT2D eigenvalue weighted by atomic mass is 10.0. The maximum atomic E-state index is 13.8. The molecule has 0 radical (unpaired) electrons. The molecule has 0 unspecified atom stereocenters. The van der Waals surface area contributed by atoms with Crippen LogP contribution in [-0.2, 0) is 6.42 Å². The molecule has 5 rings (SSSR count). The van der Waals surface area contributed by atoms with Crippen molar-refractivity contribution in [1.29, 1.82) is 0 Å². The standard InChI is InChI=1S/C25H22F2N8O/c1-13(2)21-6-4-18(12-29-21)35-24(20(28)9-14-7-16(26)11-17(27)8-14)30-22-10-15(23-31-33-34-32-23)3-5-19(22)25(35)36/h3-8,10-13,20H,9,28H2,1-2H3,(H,31,32,33,34)/t20-/m0/s1. The number of pyridine rings is 1. The summed E-state index contributed by atoms with van der Waals surface area (Å²) in [4.78, 5) is 22.9. The predicted octanol–water partition coefficient (Wildman–Crippen LogP) is 3.60. The number of aromatic nitrogens is 7. The first-order valence-corrected chi connectivity index (χ1v) is 11.3. The van der Waals surface area contributed by atoms with Gasteiger partial charge < -0.3 is 5.73 Å². The van der Waals surface area contributed by atoms with Gasteiger partial charge in [0.05, 0.1) is 28.8 Å². The minimum absolute atomic E-state index is 0.0503. The van der Waals surface area contributed by atoms with Crippen molar-refractivity contribution in [2.75, 3.05) is 0 Å². The Hall–Kier alpha value is -4.38. The van der Waals surface area contributed by atoms with Gasteiger partial charge in [0.15, 0.2) is 0 Å². The number of hydrogen-bond acceptors (Lipinski definition) is 7. The minimum Gasteiger partial charge on any atom is -0.321 e. The molecule has 9 nitrogen and oxygen atoms in total. The number of rotatable bonds is 6. The van der Waals surface area contributed by atoms with Crippen molar-refractivity contribution in [2.24, 2.45) is 5.73 Å². The molecule has 0 amide bonds. The van der Waals surface area contributed by atoms with Gasteiger partial charge in [-0.05, 0) is 59.5 Å². The number of tetrazole rings is 1. The third-order valence-corrected chi connectivity index (χ3v) is 5.83. The van der Waals surface area contributed by atoms with Crippen LogP contribution in [0.15, 0.2) is 59.5 Å². The second kappa shape index (κ2) is 9.34. The molecule has 0 fully saturated rings. The molecule has 0 aliphatic heterocycles. The Balaban J connectivity index is 1.68. The minimum atomic E-state index is -0.859. The SMILES string of the molecule is CC(C)c1ccc(-n2c([C@@H](N)Cc3cc(F)cc(F)c3)nc3cc(-c4nn[nH]n4)ccc3c2=O)cn1. The van der Waals surface area contributed by atoms with Crippen molar-refractivity contribution in [1.82, 2.24) is 35.2 Å². The Morgan fingerprint density at radius 1 is 1.06 bits per heavy atom. The summed E-state index contributed by atoms with van der Waals surface area (Å²) in [6, 6.07) is 11.0. The van der Waals surface area contributed by atoms with E-state index >= 15 is 0 Å². The lowest BCUT2D eigenvalue weighted by Crippen LogP contribution is -2.29. The van der Waals surface area contributed by atoms with Gasteiger partial charge in [0.25, 0.3) is 5.56 Å². The highest BCUT2D eigenvalue weighted by Crippen LogP contribution is 2.24. The first-order chi connectivity index (χ1) is 17.3. The molecule has 0 bridgehead atoms. The van der Waals surface area contributed by atoms with Crippen molar-refractivity contribution in [2.45, 2.75) is 32.2 Å². The molecule has 0 saturated heterocycles. The molecule has 0 spiro atoms. The maximum absolute atomic E-state index is 13.8. The third-order valence-electron chi connectivity index (χ3n) is 5.83. The number of hydrogen-bond donors (Lipinski definition) is 2. The number of nitrogens with one attached hydrogen (secondary N) is 1. The van der Waals surface area contributed by atoms with E-state index in [2.05, 4.69) is 25.6 Å². The average molecular weight is 489 g/mol. The summed E-state index contributed by atoms with van der Waals surface area (Å²) in [6.45, 7) is 4.04. The molecule has 3 N–H and O–H groups in total. The largest absolute Gasteiger partial charge is 0.321 e. The molecule has 0 aliphatic rings. The summed E-state index contributed by atoms with van der Waals surface area (Å²) in [5.41, 5.74) is 8.83. The van der Waals surface area contributed by atoms with E-state index in [1.54, 1.807) is 30.5 Å². The van der Waals surface area contributed by atoms with Crippen LogP contribution in [-0.4, -0.2) is 35.2 Å². The number of H-pyrrole nitrogens is 1. The number of fused-ring (bicyclic) bond motifs is 1. The van der Waals surface area contributed by atoms with Crippen molar-refractivity contribution in [3.05, 3.63) is 93.8 Å². The van der Waals surface area contributed by atoms with E-state index in [0.717, 1.165) is 11.8 Å². The Morgan fingerprint density at radius 3 is 2.47 bits per heavy atom. The van der Waals surface area contributed by atoms with Crippen LogP contribution in [0.4, 0.5) is 8.78 Å². The lowest BCUT2D eigenvalue weighted by molar-refractivity contribution is 0.572. The number of aromatic amines is 1. The van der Waals surface area contributed by atoms with Gasteiger partial charge in [0.2, 0.25) is 5.82 Å². The predicted molar refractivity (Wildman–Crippen MR) is 129 cm³/mol. The summed E-state index contributed by atoms with van der Waals surface area (Å²) < 4.78 is 29.0. The lowest BCUT2D eigenvalue weighted by Gasteiger charge is -2.19. The number of nitrogens with two attached hydrogens (primary N) is 1. The molecule has 182 valence electrons. The van der Waals surface area contributed by atoms with Crippen LogP contribution in [0.25, 0.3) is 28.0 Å². The van der Waals surface area contributed by atoms with Gasteiger partial charge in [0, 0.05) is 17.3 Å². The molecule has 5 aromatic rings. The van der Waals surface area contributed by atoms with E-state index in [1.165, 1.54) is 16.7 Å². The zero-order valence-electron chi connectivity index (χ0n) is 19.5. The zero-order chi connectivity index (χ0) is 25.4. The summed E-state index contributed by atoms with van der Waals surface area (Å²) in [5, 5.41) is 14.2. The average Bonchev–Trinajstić information content (AvgIpc) is 3.38. The monoisotopic (exact) mass is 488 g/mol. The fourth-order valence-corrected chi connectivity index (χ4v) is 4.07. The van der Waals surface area contributed by atoms with Crippen molar-refractivity contribution in [3.63, 3.8) is 0 Å². The molecular formula is C25H22F2N8O. The molecule has 1 atom stereocenters. The Bertz CT molecular complexity index is 1580. The van der Waals surface area contributed by atoms with Gasteiger partial charge in [0.1, 0.15) is 17.5 Å². The molecule has 2 aromatic carbocycles. The van der Waals surface area contributed by atoms with Gasteiger partial charge in [-0.1, -0.05) is 19.9 Å². The van der Waals surface area contributed by atoms with E-state index in [1.807, 2.05) is 19.9 Å². The topological polar surface area (TPSA) is 128 Å². The van der Waals surface area contributed by atoms with E-state index in [-0.39, 0.29) is 23.7 Å². The highest BCUT2D eigenvalue weighted by Gasteiger charge is 2.21. The first kappa shape index (κ1) is 23.4. The molecule has 36 heavy (non-hydrogen) atoms. The molecular weight excluding hydrogens is 466 g/mol. The number of benzene rings is 2. The number of nitrogens with zero attached hydrogens (tertiary/aromatic N) is 6. The van der Waals surface area contributed by atoms with Crippen molar-refractivity contribution >= 4 is 10.9 Å². The third kappa shape index (κ3) is 4.48. The molecule has 0 saturated carbocycles. The zero-order valence-corrected chi connectivity index (χ0v) is 19.5. The van der Waals surface area contributed by atoms with E-state index in [0.29, 0.717) is 33.5 Å². The van der Waals surface area contributed by atoms with Crippen LogP contribution >= 0.6 is 0 Å². The van der Waals surface area contributed by atoms with Gasteiger partial charge in [-0.15, -0.1) is 10.2 Å². The number of halogens is 2. The summed E-state index contributed by atoms with van der Waals surface area (Å²) in [6.07, 6.45) is 1.64. The Morgan fingerprint density at radius 2 is 1.83 bits per heavy atom. The van der Waals surface area contributed by atoms with Crippen molar-refractivity contribution in [3.8, 4) is 17.1 Å². The highest BCUT2D eigenvalue weighted by atomic mass is 19.1. The molecule has 3 aromatic heterocycles. The van der Waals surface area contributed by atoms with Crippen LogP contribution in [0.5, 0.6) is 0 Å². The van der Waals surface area contributed by atoms with Crippen LogP contribution in [0, 0.1) is 11.6 Å². The van der Waals surface area contributed by atoms with E-state index in [9.17, 15) is 13.6 Å². The second-order valence-corrected chi connectivity index (χ2v) is 8.76. The van der Waals surface area contributed by atoms with Crippen LogP contribution in [0.2, 0.25) is 0 Å². The molecule has 3 heterocycles. The fourth-order valence-electron chi connectivity index (χ4n) is 4.07. The highest BCUT2D eigenvalue weighted by molar-refractivity contribution is 5.82. The maximum Gasteiger partial charge on any atom is 0.266 e. The summed E-state index contributed by atoms with van der Waals surface area (Å²) >= 11 is 0. The Kier molecular flexibility index (Phi) is 6.06. The van der Waals surface area contributed by atoms with E-state index < -0.39 is 17.7 Å². The van der Waals surface area contributed by atoms with Crippen molar-refractivity contribution < 1.29 is 8.78 Å².